The van der Waals surface area contributed by atoms with Crippen LogP contribution in [0.1, 0.15) is 48.0 Å². The van der Waals surface area contributed by atoms with Crippen LogP contribution < -0.4 is 0 Å². The molecule has 0 heterocycles. The van der Waals surface area contributed by atoms with Gasteiger partial charge in [-0.25, -0.2) is 0 Å². The number of halogens is 1. The van der Waals surface area contributed by atoms with E-state index in [0.717, 1.165) is 14.7 Å². The van der Waals surface area contributed by atoms with Gasteiger partial charge in [0.1, 0.15) is 6.10 Å². The number of hydrogen-bond donors (Lipinski definition) is 1. The molecule has 2 aromatic carbocycles. The smallest absolute Gasteiger partial charge is 0.104 e. The van der Waals surface area contributed by atoms with Crippen LogP contribution in [0.2, 0.25) is 0 Å². The predicted molar refractivity (Wildman–Crippen MR) is 86.3 cm³/mol. The molecule has 1 aliphatic carbocycles. The molecule has 0 aromatic heterocycles. The van der Waals surface area contributed by atoms with Crippen LogP contribution >= 0.6 is 22.6 Å². The third-order valence-electron chi connectivity index (χ3n) is 3.97. The monoisotopic (exact) mass is 364 g/mol. The summed E-state index contributed by atoms with van der Waals surface area (Å²) in [5, 5.41) is 10.5. The Balaban J connectivity index is 1.88. The van der Waals surface area contributed by atoms with Crippen LogP contribution in [-0.2, 0) is 0 Å². The summed E-state index contributed by atoms with van der Waals surface area (Å²) in [5.74, 6) is 0.711. The topological polar surface area (TPSA) is 20.2 Å². The highest BCUT2D eigenvalue weighted by atomic mass is 127. The summed E-state index contributed by atoms with van der Waals surface area (Å²) >= 11 is 2.28. The van der Waals surface area contributed by atoms with Gasteiger partial charge >= 0.3 is 0 Å². The molecule has 0 bridgehead atoms. The second-order valence-corrected chi connectivity index (χ2v) is 6.50. The molecule has 1 atom stereocenters. The van der Waals surface area contributed by atoms with E-state index in [-0.39, 0.29) is 0 Å². The van der Waals surface area contributed by atoms with Crippen LogP contribution in [0.5, 0.6) is 0 Å². The fraction of sp³-hybridized carbons (Fsp3) is 0.294. The molecule has 2 aromatic rings. The lowest BCUT2D eigenvalue weighted by Crippen LogP contribution is -2.09. The minimum absolute atomic E-state index is 0.519. The van der Waals surface area contributed by atoms with E-state index in [1.807, 2.05) is 30.3 Å². The average molecular weight is 364 g/mol. The number of rotatable bonds is 3. The van der Waals surface area contributed by atoms with Gasteiger partial charge in [0.05, 0.1) is 0 Å². The third-order valence-corrected chi connectivity index (χ3v) is 4.64. The van der Waals surface area contributed by atoms with Crippen LogP contribution in [0.4, 0.5) is 0 Å². The first-order valence-electron chi connectivity index (χ1n) is 6.77. The molecule has 98 valence electrons. The molecule has 1 saturated carbocycles. The molecule has 0 aliphatic heterocycles. The Kier molecular flexibility index (Phi) is 3.89. The molecule has 0 saturated heterocycles. The lowest BCUT2D eigenvalue weighted by molar-refractivity contribution is 0.220. The van der Waals surface area contributed by atoms with Gasteiger partial charge in [0.2, 0.25) is 0 Å². The van der Waals surface area contributed by atoms with Gasteiger partial charge in [0.25, 0.3) is 0 Å². The summed E-state index contributed by atoms with van der Waals surface area (Å²) in [6.45, 7) is 0. The highest BCUT2D eigenvalue weighted by Crippen LogP contribution is 2.37. The Bertz CT molecular complexity index is 575. The first kappa shape index (κ1) is 13.1. The Morgan fingerprint density at radius 1 is 1.00 bits per heavy atom. The van der Waals surface area contributed by atoms with Gasteiger partial charge in [0, 0.05) is 3.57 Å². The van der Waals surface area contributed by atoms with Crippen molar-refractivity contribution in [1.29, 1.82) is 0 Å². The van der Waals surface area contributed by atoms with Gasteiger partial charge in [-0.2, -0.15) is 0 Å². The van der Waals surface area contributed by atoms with Gasteiger partial charge in [-0.05, 0) is 70.2 Å². The van der Waals surface area contributed by atoms with Crippen LogP contribution in [0.15, 0.2) is 48.5 Å². The summed E-state index contributed by atoms with van der Waals surface area (Å²) in [6.07, 6.45) is 3.41. The van der Waals surface area contributed by atoms with Gasteiger partial charge in [0.15, 0.2) is 0 Å². The lowest BCUT2D eigenvalue weighted by Gasteiger charge is -2.26. The zero-order chi connectivity index (χ0) is 13.2. The average Bonchev–Trinajstić information content (AvgIpc) is 2.36. The van der Waals surface area contributed by atoms with E-state index in [1.165, 1.54) is 24.8 Å². The van der Waals surface area contributed by atoms with Crippen molar-refractivity contribution in [1.82, 2.24) is 0 Å². The molecule has 3 rings (SSSR count). The Morgan fingerprint density at radius 2 is 1.68 bits per heavy atom. The minimum atomic E-state index is -0.519. The van der Waals surface area contributed by atoms with Crippen molar-refractivity contribution in [3.8, 4) is 0 Å². The summed E-state index contributed by atoms with van der Waals surface area (Å²) < 4.78 is 1.16. The van der Waals surface area contributed by atoms with Crippen molar-refractivity contribution >= 4 is 22.6 Å². The maximum absolute atomic E-state index is 10.5. The van der Waals surface area contributed by atoms with Crippen molar-refractivity contribution in [3.63, 3.8) is 0 Å². The zero-order valence-corrected chi connectivity index (χ0v) is 12.9. The molecule has 2 heteroatoms. The van der Waals surface area contributed by atoms with Gasteiger partial charge in [-0.1, -0.05) is 42.8 Å². The summed E-state index contributed by atoms with van der Waals surface area (Å²) in [5.41, 5.74) is 3.36. The molecule has 1 fully saturated rings. The molecule has 1 aliphatic rings. The fourth-order valence-electron chi connectivity index (χ4n) is 2.59. The van der Waals surface area contributed by atoms with E-state index < -0.39 is 6.10 Å². The van der Waals surface area contributed by atoms with Crippen LogP contribution in [0, 0.1) is 3.57 Å². The first-order chi connectivity index (χ1) is 9.24. The fourth-order valence-corrected chi connectivity index (χ4v) is 3.16. The Morgan fingerprint density at radius 3 is 2.32 bits per heavy atom. The molecular weight excluding hydrogens is 347 g/mol. The zero-order valence-electron chi connectivity index (χ0n) is 10.7. The van der Waals surface area contributed by atoms with Crippen LogP contribution in [-0.4, -0.2) is 5.11 Å². The summed E-state index contributed by atoms with van der Waals surface area (Å²) in [7, 11) is 0. The second-order valence-electron chi connectivity index (χ2n) is 5.26. The molecule has 0 amide bonds. The van der Waals surface area contributed by atoms with E-state index in [0.29, 0.717) is 5.92 Å². The molecule has 19 heavy (non-hydrogen) atoms. The standard InChI is InChI=1S/C17H17IO/c18-16-9-3-8-15(11-16)17(19)14-7-2-6-13(10-14)12-4-1-5-12/h2-3,6-12,17,19H,1,4-5H2. The normalized spacial score (nSPS) is 16.9. The number of hydrogen-bond acceptors (Lipinski definition) is 1. The third kappa shape index (κ3) is 2.84. The maximum atomic E-state index is 10.5. The van der Waals surface area contributed by atoms with E-state index in [2.05, 4.69) is 40.8 Å². The van der Waals surface area contributed by atoms with Crippen molar-refractivity contribution < 1.29 is 5.11 Å². The van der Waals surface area contributed by atoms with Crippen molar-refractivity contribution in [2.45, 2.75) is 31.3 Å². The molecule has 0 radical (unpaired) electrons. The largest absolute Gasteiger partial charge is 0.384 e. The molecule has 1 N–H and O–H groups in total. The van der Waals surface area contributed by atoms with Gasteiger partial charge < -0.3 is 5.11 Å². The van der Waals surface area contributed by atoms with Crippen molar-refractivity contribution in [2.75, 3.05) is 0 Å². The molecule has 1 unspecified atom stereocenters. The molecular formula is C17H17IO. The Labute approximate surface area is 127 Å². The van der Waals surface area contributed by atoms with E-state index in [9.17, 15) is 5.11 Å². The maximum Gasteiger partial charge on any atom is 0.104 e. The highest BCUT2D eigenvalue weighted by Gasteiger charge is 2.20. The van der Waals surface area contributed by atoms with Crippen LogP contribution in [0.3, 0.4) is 0 Å². The lowest BCUT2D eigenvalue weighted by atomic mass is 9.79. The molecule has 1 nitrogen and oxygen atoms in total. The number of aliphatic hydroxyl groups excluding tert-OH is 1. The van der Waals surface area contributed by atoms with Gasteiger partial charge in [-0.3, -0.25) is 0 Å². The predicted octanol–water partition coefficient (Wildman–Crippen LogP) is 4.64. The highest BCUT2D eigenvalue weighted by molar-refractivity contribution is 14.1. The Hall–Kier alpha value is -0.870. The number of benzene rings is 2. The first-order valence-corrected chi connectivity index (χ1v) is 7.85. The van der Waals surface area contributed by atoms with Gasteiger partial charge in [-0.15, -0.1) is 0 Å². The van der Waals surface area contributed by atoms with E-state index >= 15 is 0 Å². The quantitative estimate of drug-likeness (QED) is 0.787. The van der Waals surface area contributed by atoms with Crippen molar-refractivity contribution in [3.05, 3.63) is 68.8 Å². The van der Waals surface area contributed by atoms with E-state index in [4.69, 9.17) is 0 Å². The second kappa shape index (κ2) is 5.63. The minimum Gasteiger partial charge on any atom is -0.384 e. The summed E-state index contributed by atoms with van der Waals surface area (Å²) in [6, 6.07) is 16.5. The van der Waals surface area contributed by atoms with Crippen molar-refractivity contribution in [2.24, 2.45) is 0 Å². The number of aliphatic hydroxyl groups is 1. The van der Waals surface area contributed by atoms with E-state index in [1.54, 1.807) is 0 Å². The summed E-state index contributed by atoms with van der Waals surface area (Å²) in [4.78, 5) is 0. The van der Waals surface area contributed by atoms with Crippen LogP contribution in [0.25, 0.3) is 0 Å². The molecule has 0 spiro atoms. The SMILES string of the molecule is OC(c1cccc(I)c1)c1cccc(C2CCC2)c1.